The summed E-state index contributed by atoms with van der Waals surface area (Å²) >= 11 is 0. The Morgan fingerprint density at radius 2 is 1.80 bits per heavy atom. The number of hydrogen-bond donors (Lipinski definition) is 0. The average Bonchev–Trinajstić information content (AvgIpc) is 3.32. The van der Waals surface area contributed by atoms with Crippen LogP contribution in [-0.2, 0) is 20.7 Å². The topological polar surface area (TPSA) is 83.7 Å². The third-order valence-electron chi connectivity index (χ3n) is 6.94. The van der Waals surface area contributed by atoms with Gasteiger partial charge in [-0.15, -0.1) is 0 Å². The van der Waals surface area contributed by atoms with Crippen LogP contribution in [0.25, 0.3) is 33.6 Å². The molecule has 8 heteroatoms. The van der Waals surface area contributed by atoms with Gasteiger partial charge in [-0.3, -0.25) is 0 Å². The molecule has 0 bridgehead atoms. The minimum Gasteiger partial charge on any atom is -0.474 e. The fourth-order valence-corrected chi connectivity index (χ4v) is 5.09. The van der Waals surface area contributed by atoms with Crippen molar-refractivity contribution in [3.05, 3.63) is 66.2 Å². The van der Waals surface area contributed by atoms with E-state index in [4.69, 9.17) is 18.6 Å². The second-order valence-corrected chi connectivity index (χ2v) is 11.1. The largest absolute Gasteiger partial charge is 0.474 e. The molecule has 0 radical (unpaired) electrons. The Hall–Kier alpha value is -3.78. The number of fused-ring (bicyclic) bond motifs is 1. The van der Waals surface area contributed by atoms with Gasteiger partial charge in [-0.1, -0.05) is 43.3 Å². The van der Waals surface area contributed by atoms with Crippen molar-refractivity contribution in [1.29, 1.82) is 0 Å². The fourth-order valence-electron chi connectivity index (χ4n) is 5.09. The van der Waals surface area contributed by atoms with Crippen molar-refractivity contribution in [3.63, 3.8) is 0 Å². The van der Waals surface area contributed by atoms with Crippen LogP contribution in [0.1, 0.15) is 58.9 Å². The molecule has 2 aromatic carbocycles. The molecule has 0 N–H and O–H groups in total. The molecule has 0 amide bonds. The van der Waals surface area contributed by atoms with Gasteiger partial charge in [-0.25, -0.2) is 19.2 Å². The zero-order valence-electron chi connectivity index (χ0n) is 23.4. The zero-order valence-corrected chi connectivity index (χ0v) is 23.4. The third-order valence-corrected chi connectivity index (χ3v) is 6.94. The second-order valence-electron chi connectivity index (χ2n) is 11.1. The molecular formula is C32H35FN2O5. The molecule has 1 saturated carbocycles. The zero-order chi connectivity index (χ0) is 28.3. The van der Waals surface area contributed by atoms with Crippen LogP contribution in [0.3, 0.4) is 0 Å². The number of aryl methyl sites for hydroxylation is 1. The molecule has 1 fully saturated rings. The molecule has 40 heavy (non-hydrogen) atoms. The summed E-state index contributed by atoms with van der Waals surface area (Å²) in [5.74, 6) is -0.0138. The van der Waals surface area contributed by atoms with Crippen LogP contribution in [0, 0.1) is 5.82 Å². The van der Waals surface area contributed by atoms with Crippen LogP contribution < -0.4 is 4.74 Å². The maximum atomic E-state index is 15.0. The van der Waals surface area contributed by atoms with E-state index in [1.54, 1.807) is 18.2 Å². The predicted molar refractivity (Wildman–Crippen MR) is 150 cm³/mol. The first-order chi connectivity index (χ1) is 19.2. The number of carbonyl (C=O) groups excluding carboxylic acids is 1. The number of rotatable bonds is 8. The van der Waals surface area contributed by atoms with E-state index in [9.17, 15) is 9.18 Å². The number of halogens is 1. The van der Waals surface area contributed by atoms with Gasteiger partial charge in [0.15, 0.2) is 0 Å². The van der Waals surface area contributed by atoms with E-state index in [0.29, 0.717) is 40.3 Å². The monoisotopic (exact) mass is 546 g/mol. The van der Waals surface area contributed by atoms with Gasteiger partial charge in [0.2, 0.25) is 11.6 Å². The standard InChI is InChI=1S/C32H35FN2O5/c1-5-20-13-15-21(16-14-20)27-28-30(34-19-35-31(28)39-29(27)24-11-6-7-12-25(24)33)38-23-10-8-9-22(17-23)37-18-26(36)40-32(2,3)4/h6-7,11-16,19,22-23H,5,8-10,17-18H2,1-4H3/t22-,23+/m1/s1. The van der Waals surface area contributed by atoms with Crippen molar-refractivity contribution in [2.45, 2.75) is 77.6 Å². The van der Waals surface area contributed by atoms with Crippen LogP contribution in [0.4, 0.5) is 4.39 Å². The summed E-state index contributed by atoms with van der Waals surface area (Å²) in [7, 11) is 0. The van der Waals surface area contributed by atoms with Crippen molar-refractivity contribution >= 4 is 17.1 Å². The first-order valence-corrected chi connectivity index (χ1v) is 13.8. The van der Waals surface area contributed by atoms with Crippen LogP contribution in [0.2, 0.25) is 0 Å². The molecule has 0 aliphatic heterocycles. The number of carbonyl (C=O) groups is 1. The minimum absolute atomic E-state index is 0.0992. The van der Waals surface area contributed by atoms with Crippen molar-refractivity contribution in [2.75, 3.05) is 6.61 Å². The van der Waals surface area contributed by atoms with Gasteiger partial charge in [-0.2, -0.15) is 0 Å². The summed E-state index contributed by atoms with van der Waals surface area (Å²) in [5, 5.41) is 0.599. The smallest absolute Gasteiger partial charge is 0.332 e. The highest BCUT2D eigenvalue weighted by Crippen LogP contribution is 2.44. The lowest BCUT2D eigenvalue weighted by atomic mass is 9.94. The molecule has 4 aromatic rings. The van der Waals surface area contributed by atoms with Gasteiger partial charge in [0, 0.05) is 12.0 Å². The van der Waals surface area contributed by atoms with Gasteiger partial charge in [0.05, 0.1) is 11.7 Å². The fraction of sp³-hybridized carbons (Fsp3) is 0.406. The van der Waals surface area contributed by atoms with Crippen molar-refractivity contribution in [1.82, 2.24) is 9.97 Å². The van der Waals surface area contributed by atoms with Crippen LogP contribution >= 0.6 is 0 Å². The molecule has 2 heterocycles. The van der Waals surface area contributed by atoms with E-state index in [-0.39, 0.29) is 30.6 Å². The summed E-state index contributed by atoms with van der Waals surface area (Å²) in [6.45, 7) is 7.49. The Morgan fingerprint density at radius 1 is 1.05 bits per heavy atom. The Kier molecular flexibility index (Phi) is 8.17. The Labute approximate surface area is 233 Å². The van der Waals surface area contributed by atoms with Gasteiger partial charge >= 0.3 is 5.97 Å². The number of esters is 1. The van der Waals surface area contributed by atoms with E-state index in [1.165, 1.54) is 18.0 Å². The first kappa shape index (κ1) is 27.8. The minimum atomic E-state index is -0.558. The first-order valence-electron chi connectivity index (χ1n) is 13.8. The lowest BCUT2D eigenvalue weighted by molar-refractivity contribution is -0.163. The van der Waals surface area contributed by atoms with E-state index >= 15 is 0 Å². The van der Waals surface area contributed by atoms with Crippen molar-refractivity contribution in [3.8, 4) is 28.3 Å². The van der Waals surface area contributed by atoms with E-state index < -0.39 is 5.60 Å². The lowest BCUT2D eigenvalue weighted by Crippen LogP contribution is -2.33. The van der Waals surface area contributed by atoms with Gasteiger partial charge in [-0.05, 0) is 69.7 Å². The predicted octanol–water partition coefficient (Wildman–Crippen LogP) is 7.31. The van der Waals surface area contributed by atoms with Crippen LogP contribution in [0.15, 0.2) is 59.3 Å². The molecule has 0 spiro atoms. The molecule has 1 aliphatic carbocycles. The summed E-state index contributed by atoms with van der Waals surface area (Å²) in [4.78, 5) is 21.0. The number of hydrogen-bond acceptors (Lipinski definition) is 7. The third kappa shape index (κ3) is 6.33. The van der Waals surface area contributed by atoms with Gasteiger partial charge in [0.25, 0.3) is 0 Å². The van der Waals surface area contributed by atoms with Crippen molar-refractivity contribution < 1.29 is 27.8 Å². The molecular weight excluding hydrogens is 511 g/mol. The molecule has 2 aromatic heterocycles. The maximum absolute atomic E-state index is 15.0. The normalized spacial score (nSPS) is 17.6. The lowest BCUT2D eigenvalue weighted by Gasteiger charge is -2.29. The summed E-state index contributed by atoms with van der Waals surface area (Å²) < 4.78 is 38.9. The van der Waals surface area contributed by atoms with E-state index in [1.807, 2.05) is 32.9 Å². The summed E-state index contributed by atoms with van der Waals surface area (Å²) in [6, 6.07) is 14.6. The molecule has 210 valence electrons. The average molecular weight is 547 g/mol. The highest BCUT2D eigenvalue weighted by Gasteiger charge is 2.29. The quantitative estimate of drug-likeness (QED) is 0.214. The molecule has 7 nitrogen and oxygen atoms in total. The maximum Gasteiger partial charge on any atom is 0.332 e. The number of furan rings is 1. The number of benzene rings is 2. The number of ether oxygens (including phenoxy) is 3. The number of nitrogens with zero attached hydrogens (tertiary/aromatic N) is 2. The van der Waals surface area contributed by atoms with Crippen molar-refractivity contribution in [2.24, 2.45) is 0 Å². The van der Waals surface area contributed by atoms with Gasteiger partial charge < -0.3 is 18.6 Å². The summed E-state index contributed by atoms with van der Waals surface area (Å²) in [5.41, 5.74) is 2.84. The number of aromatic nitrogens is 2. The molecule has 0 saturated heterocycles. The van der Waals surface area contributed by atoms with E-state index in [0.717, 1.165) is 31.2 Å². The molecule has 5 rings (SSSR count). The van der Waals surface area contributed by atoms with Crippen LogP contribution in [0.5, 0.6) is 5.88 Å². The molecule has 2 atom stereocenters. The van der Waals surface area contributed by atoms with Gasteiger partial charge in [0.1, 0.15) is 41.6 Å². The highest BCUT2D eigenvalue weighted by molar-refractivity contribution is 6.03. The van der Waals surface area contributed by atoms with Crippen LogP contribution in [-0.4, -0.2) is 40.4 Å². The molecule has 1 aliphatic rings. The Bertz CT molecular complexity index is 1480. The SMILES string of the molecule is CCc1ccc(-c2c(-c3ccccc3F)oc3ncnc(O[C@H]4CCC[C@@H](OCC(=O)OC(C)(C)C)C4)c23)cc1. The molecule has 0 unspecified atom stereocenters. The van der Waals surface area contributed by atoms with E-state index in [2.05, 4.69) is 29.0 Å². The highest BCUT2D eigenvalue weighted by atomic mass is 19.1. The Morgan fingerprint density at radius 3 is 2.52 bits per heavy atom. The second kappa shape index (κ2) is 11.8. The summed E-state index contributed by atoms with van der Waals surface area (Å²) in [6.07, 6.45) is 5.12. The Balaban J connectivity index is 1.46.